The number of anilines is 2. The molecular weight excluding hydrogens is 402 g/mol. The number of hydrogen-bond donors (Lipinski definition) is 3. The lowest BCUT2D eigenvalue weighted by Crippen LogP contribution is -2.57. The average molecular weight is 430 g/mol. The summed E-state index contributed by atoms with van der Waals surface area (Å²) in [4.78, 5) is 8.74. The number of hydrogen-bond acceptors (Lipinski definition) is 7. The van der Waals surface area contributed by atoms with Crippen LogP contribution in [-0.2, 0) is 6.42 Å². The van der Waals surface area contributed by atoms with E-state index in [0.29, 0.717) is 30.3 Å². The van der Waals surface area contributed by atoms with Gasteiger partial charge in [0.15, 0.2) is 0 Å². The molecule has 0 amide bonds. The molecule has 0 bridgehead atoms. The SMILES string of the molecule is CC1(C)[C@@H](O)C[C@H]1Nc1nc(NCCc2ccc(Oc3ccccc3)cc2)ncc1C#N. The molecule has 1 saturated carbocycles. The number of nitriles is 1. The maximum Gasteiger partial charge on any atom is 0.224 e. The molecular formula is C25H27N5O2. The third kappa shape index (κ3) is 4.82. The van der Waals surface area contributed by atoms with Gasteiger partial charge in [-0.15, -0.1) is 0 Å². The lowest BCUT2D eigenvalue weighted by molar-refractivity contribution is -0.0511. The summed E-state index contributed by atoms with van der Waals surface area (Å²) in [7, 11) is 0. The van der Waals surface area contributed by atoms with Crippen LogP contribution in [0, 0.1) is 16.7 Å². The molecule has 4 rings (SSSR count). The molecule has 3 aromatic rings. The van der Waals surface area contributed by atoms with Crippen molar-refractivity contribution in [1.82, 2.24) is 9.97 Å². The molecule has 0 saturated heterocycles. The summed E-state index contributed by atoms with van der Waals surface area (Å²) in [6.07, 6.45) is 2.60. The van der Waals surface area contributed by atoms with Crippen molar-refractivity contribution in [2.45, 2.75) is 38.8 Å². The predicted molar refractivity (Wildman–Crippen MR) is 124 cm³/mol. The first-order chi connectivity index (χ1) is 15.5. The maximum atomic E-state index is 9.96. The van der Waals surface area contributed by atoms with Crippen LogP contribution in [0.5, 0.6) is 11.5 Å². The highest BCUT2D eigenvalue weighted by atomic mass is 16.5. The largest absolute Gasteiger partial charge is 0.457 e. The number of aromatic nitrogens is 2. The Morgan fingerprint density at radius 3 is 2.50 bits per heavy atom. The van der Waals surface area contributed by atoms with Gasteiger partial charge in [0, 0.05) is 18.0 Å². The molecule has 7 nitrogen and oxygen atoms in total. The van der Waals surface area contributed by atoms with Crippen LogP contribution in [0.4, 0.5) is 11.8 Å². The number of rotatable bonds is 8. The summed E-state index contributed by atoms with van der Waals surface area (Å²) in [5.74, 6) is 2.57. The van der Waals surface area contributed by atoms with E-state index >= 15 is 0 Å². The zero-order valence-electron chi connectivity index (χ0n) is 18.2. The smallest absolute Gasteiger partial charge is 0.224 e. The van der Waals surface area contributed by atoms with Crippen molar-refractivity contribution in [3.05, 3.63) is 71.9 Å². The van der Waals surface area contributed by atoms with Crippen molar-refractivity contribution in [1.29, 1.82) is 5.26 Å². The van der Waals surface area contributed by atoms with Crippen molar-refractivity contribution < 1.29 is 9.84 Å². The standard InChI is InChI=1S/C25H27N5O2/c1-25(2)21(14-22(25)31)29-23-18(15-26)16-28-24(30-23)27-13-12-17-8-10-20(11-9-17)32-19-6-4-3-5-7-19/h3-11,16,21-22,31H,12-14H2,1-2H3,(H2,27,28,29,30)/t21-,22+/m1/s1. The average Bonchev–Trinajstić information content (AvgIpc) is 2.81. The Hall–Kier alpha value is -3.63. The molecule has 1 heterocycles. The fourth-order valence-corrected chi connectivity index (χ4v) is 3.64. The maximum absolute atomic E-state index is 9.96. The molecule has 2 aromatic carbocycles. The molecule has 7 heteroatoms. The Morgan fingerprint density at radius 2 is 1.84 bits per heavy atom. The van der Waals surface area contributed by atoms with Gasteiger partial charge in [0.1, 0.15) is 28.9 Å². The minimum atomic E-state index is -0.352. The van der Waals surface area contributed by atoms with Crippen LogP contribution >= 0.6 is 0 Å². The minimum Gasteiger partial charge on any atom is -0.457 e. The van der Waals surface area contributed by atoms with Crippen molar-refractivity contribution in [3.63, 3.8) is 0 Å². The summed E-state index contributed by atoms with van der Waals surface area (Å²) in [6.45, 7) is 4.65. The minimum absolute atomic E-state index is 0.0592. The first-order valence-corrected chi connectivity index (χ1v) is 10.7. The van der Waals surface area contributed by atoms with E-state index in [1.807, 2.05) is 68.4 Å². The van der Waals surface area contributed by atoms with Gasteiger partial charge >= 0.3 is 0 Å². The molecule has 1 aliphatic rings. The Labute approximate surface area is 188 Å². The highest BCUT2D eigenvalue weighted by Crippen LogP contribution is 2.42. The number of aliphatic hydroxyl groups excluding tert-OH is 1. The van der Waals surface area contributed by atoms with Gasteiger partial charge < -0.3 is 20.5 Å². The van der Waals surface area contributed by atoms with E-state index in [2.05, 4.69) is 26.7 Å². The van der Waals surface area contributed by atoms with Crippen molar-refractivity contribution in [2.24, 2.45) is 5.41 Å². The van der Waals surface area contributed by atoms with Gasteiger partial charge in [0.25, 0.3) is 0 Å². The monoisotopic (exact) mass is 429 g/mol. The van der Waals surface area contributed by atoms with E-state index < -0.39 is 0 Å². The molecule has 1 fully saturated rings. The van der Waals surface area contributed by atoms with Crippen LogP contribution < -0.4 is 15.4 Å². The van der Waals surface area contributed by atoms with Gasteiger partial charge in [-0.3, -0.25) is 0 Å². The quantitative estimate of drug-likeness (QED) is 0.489. The van der Waals surface area contributed by atoms with E-state index in [0.717, 1.165) is 23.5 Å². The highest BCUT2D eigenvalue weighted by molar-refractivity contribution is 5.54. The van der Waals surface area contributed by atoms with E-state index in [4.69, 9.17) is 4.74 Å². The van der Waals surface area contributed by atoms with Gasteiger partial charge in [-0.05, 0) is 42.7 Å². The molecule has 1 aliphatic carbocycles. The van der Waals surface area contributed by atoms with Gasteiger partial charge in [0.2, 0.25) is 5.95 Å². The van der Waals surface area contributed by atoms with Crippen molar-refractivity contribution >= 4 is 11.8 Å². The van der Waals surface area contributed by atoms with Gasteiger partial charge in [-0.25, -0.2) is 4.98 Å². The summed E-state index contributed by atoms with van der Waals surface area (Å²) in [5.41, 5.74) is 1.29. The molecule has 0 spiro atoms. The highest BCUT2D eigenvalue weighted by Gasteiger charge is 2.47. The summed E-state index contributed by atoms with van der Waals surface area (Å²) >= 11 is 0. The van der Waals surface area contributed by atoms with Crippen LogP contribution in [-0.4, -0.2) is 33.8 Å². The van der Waals surface area contributed by atoms with Crippen LogP contribution in [0.3, 0.4) is 0 Å². The molecule has 0 unspecified atom stereocenters. The lowest BCUT2D eigenvalue weighted by atomic mass is 9.64. The van der Waals surface area contributed by atoms with E-state index in [1.165, 1.54) is 6.20 Å². The Kier molecular flexibility index (Phi) is 6.24. The molecule has 32 heavy (non-hydrogen) atoms. The zero-order chi connectivity index (χ0) is 22.6. The molecule has 0 radical (unpaired) electrons. The van der Waals surface area contributed by atoms with Gasteiger partial charge in [-0.2, -0.15) is 10.2 Å². The Bertz CT molecular complexity index is 1090. The molecule has 0 aliphatic heterocycles. The predicted octanol–water partition coefficient (Wildman–Crippen LogP) is 4.37. The van der Waals surface area contributed by atoms with E-state index in [1.54, 1.807) is 0 Å². The van der Waals surface area contributed by atoms with Gasteiger partial charge in [0.05, 0.1) is 12.3 Å². The molecule has 1 aromatic heterocycles. The normalized spacial score (nSPS) is 18.8. The van der Waals surface area contributed by atoms with Gasteiger partial charge in [-0.1, -0.05) is 44.2 Å². The number of nitrogens with one attached hydrogen (secondary N) is 2. The van der Waals surface area contributed by atoms with E-state index in [9.17, 15) is 10.4 Å². The number of para-hydroxylation sites is 1. The lowest BCUT2D eigenvalue weighted by Gasteiger charge is -2.49. The second kappa shape index (κ2) is 9.25. The topological polar surface area (TPSA) is 103 Å². The number of benzene rings is 2. The zero-order valence-corrected chi connectivity index (χ0v) is 18.2. The number of nitrogens with zero attached hydrogens (tertiary/aromatic N) is 3. The van der Waals surface area contributed by atoms with Crippen molar-refractivity contribution in [3.8, 4) is 17.6 Å². The summed E-state index contributed by atoms with van der Waals surface area (Å²) in [6, 6.07) is 19.9. The Balaban J connectivity index is 1.32. The second-order valence-electron chi connectivity index (χ2n) is 8.57. The number of aliphatic hydroxyl groups is 1. The van der Waals surface area contributed by atoms with Crippen molar-refractivity contribution in [2.75, 3.05) is 17.2 Å². The first-order valence-electron chi connectivity index (χ1n) is 10.7. The summed E-state index contributed by atoms with van der Waals surface area (Å²) < 4.78 is 5.82. The van der Waals surface area contributed by atoms with Crippen LogP contribution in [0.2, 0.25) is 0 Å². The third-order valence-electron chi connectivity index (χ3n) is 6.04. The number of ether oxygens (including phenoxy) is 1. The summed E-state index contributed by atoms with van der Waals surface area (Å²) in [5, 5.41) is 25.9. The molecule has 2 atom stereocenters. The first kappa shape index (κ1) is 21.6. The third-order valence-corrected chi connectivity index (χ3v) is 6.04. The fraction of sp³-hybridized carbons (Fsp3) is 0.320. The van der Waals surface area contributed by atoms with E-state index in [-0.39, 0.29) is 17.6 Å². The van der Waals surface area contributed by atoms with Crippen LogP contribution in [0.1, 0.15) is 31.4 Å². The Morgan fingerprint density at radius 1 is 1.12 bits per heavy atom. The second-order valence-corrected chi connectivity index (χ2v) is 8.57. The molecule has 164 valence electrons. The van der Waals surface area contributed by atoms with Crippen LogP contribution in [0.25, 0.3) is 0 Å². The molecule has 3 N–H and O–H groups in total. The van der Waals surface area contributed by atoms with Crippen LogP contribution in [0.15, 0.2) is 60.8 Å². The fourth-order valence-electron chi connectivity index (χ4n) is 3.64.